The van der Waals surface area contributed by atoms with E-state index in [0.29, 0.717) is 37.2 Å². The molecule has 11 nitrogen and oxygen atoms in total. The summed E-state index contributed by atoms with van der Waals surface area (Å²) < 4.78 is 17.3. The molecule has 2 saturated heterocycles. The quantitative estimate of drug-likeness (QED) is 0.191. The fourth-order valence-electron chi connectivity index (χ4n) is 10.0. The van der Waals surface area contributed by atoms with Gasteiger partial charge < -0.3 is 34.4 Å². The second-order valence-electron chi connectivity index (χ2n) is 14.1. The lowest BCUT2D eigenvalue weighted by Gasteiger charge is -2.62. The molecule has 3 N–H and O–H groups in total. The largest absolute Gasteiger partial charge is 0.465 e. The summed E-state index contributed by atoms with van der Waals surface area (Å²) in [6.07, 6.45) is 3.86. The van der Waals surface area contributed by atoms with Gasteiger partial charge in [-0.15, -0.1) is 10.1 Å². The summed E-state index contributed by atoms with van der Waals surface area (Å²) in [7, 11) is 0. The number of aliphatic hydroxyl groups excluding tert-OH is 2. The average molecular weight is 580 g/mol. The molecule has 0 aromatic heterocycles. The summed E-state index contributed by atoms with van der Waals surface area (Å²) in [5, 5.41) is 43.2. The Labute approximate surface area is 240 Å². The number of esters is 1. The summed E-state index contributed by atoms with van der Waals surface area (Å²) in [6, 6.07) is 0. The van der Waals surface area contributed by atoms with Crippen LogP contribution in [-0.2, 0) is 23.8 Å². The molecule has 0 unspecified atom stereocenters. The Morgan fingerprint density at radius 2 is 1.76 bits per heavy atom. The zero-order valence-electron chi connectivity index (χ0n) is 24.3. The molecule has 6 aliphatic rings. The van der Waals surface area contributed by atoms with Gasteiger partial charge >= 0.3 is 5.97 Å². The Kier molecular flexibility index (Phi) is 7.45. The predicted molar refractivity (Wildman–Crippen MR) is 143 cm³/mol. The van der Waals surface area contributed by atoms with Crippen LogP contribution in [0.2, 0.25) is 0 Å². The number of cyclic esters (lactones) is 1. The Morgan fingerprint density at radius 3 is 2.46 bits per heavy atom. The highest BCUT2D eigenvalue weighted by Gasteiger charge is 2.67. The minimum Gasteiger partial charge on any atom is -0.465 e. The maximum atomic E-state index is 12.5. The lowest BCUT2D eigenvalue weighted by molar-refractivity contribution is -0.776. The standard InChI is InChI=1S/C30H45NO10/c1-16-24(33)25(34)26(41-31(36)37)27(39-16)40-19-8-11-28(2)18(14-19)5-6-22-21(28)9-12-29(3)20(10-13-30(22,29)35)17-4-7-23(32)38-15-17/h14,16-17,19-22,24-27,33-35H,4-13,15H2,1-3H3/t16-,17+,19-,20+,21-,22+,24-,25+,26+,27-,28-,29+,30-/m0/s1. The lowest BCUT2D eigenvalue weighted by Crippen LogP contribution is -2.61. The number of ether oxygens (including phenoxy) is 3. The van der Waals surface area contributed by atoms with E-state index in [-0.39, 0.29) is 28.8 Å². The molecule has 0 aromatic carbocycles. The number of rotatable bonds is 5. The highest BCUT2D eigenvalue weighted by molar-refractivity contribution is 5.70. The molecule has 5 fully saturated rings. The normalized spacial score (nSPS) is 51.5. The van der Waals surface area contributed by atoms with E-state index in [4.69, 9.17) is 14.2 Å². The maximum absolute atomic E-state index is 12.5. The molecule has 0 amide bonds. The van der Waals surface area contributed by atoms with Gasteiger partial charge in [0.2, 0.25) is 0 Å². The van der Waals surface area contributed by atoms with Gasteiger partial charge in [-0.2, -0.15) is 0 Å². The minimum absolute atomic E-state index is 0.0779. The van der Waals surface area contributed by atoms with E-state index < -0.39 is 41.4 Å². The Morgan fingerprint density at radius 1 is 1.00 bits per heavy atom. The number of hydrogen-bond acceptors (Lipinski definition) is 10. The van der Waals surface area contributed by atoms with Gasteiger partial charge in [-0.25, -0.2) is 0 Å². The maximum Gasteiger partial charge on any atom is 0.305 e. The van der Waals surface area contributed by atoms with E-state index in [1.807, 2.05) is 0 Å². The van der Waals surface area contributed by atoms with Gasteiger partial charge in [0.15, 0.2) is 12.4 Å². The van der Waals surface area contributed by atoms with Crippen molar-refractivity contribution in [3.05, 3.63) is 21.8 Å². The van der Waals surface area contributed by atoms with Crippen LogP contribution in [0.4, 0.5) is 0 Å². The smallest absolute Gasteiger partial charge is 0.305 e. The first-order valence-electron chi connectivity index (χ1n) is 15.4. The van der Waals surface area contributed by atoms with E-state index in [1.54, 1.807) is 6.92 Å². The molecule has 41 heavy (non-hydrogen) atoms. The molecule has 13 atom stereocenters. The van der Waals surface area contributed by atoms with Crippen molar-refractivity contribution >= 4 is 5.97 Å². The first kappa shape index (κ1) is 29.3. The Balaban J connectivity index is 1.18. The molecule has 0 bridgehead atoms. The molecule has 0 radical (unpaired) electrons. The van der Waals surface area contributed by atoms with Gasteiger partial charge in [0, 0.05) is 6.42 Å². The van der Waals surface area contributed by atoms with Crippen molar-refractivity contribution in [1.82, 2.24) is 0 Å². The molecule has 6 rings (SSSR count). The molecule has 11 heteroatoms. The van der Waals surface area contributed by atoms with Gasteiger partial charge in [-0.1, -0.05) is 25.5 Å². The summed E-state index contributed by atoms with van der Waals surface area (Å²) in [5.41, 5.74) is 0.297. The molecule has 4 aliphatic carbocycles. The van der Waals surface area contributed by atoms with Crippen molar-refractivity contribution in [2.24, 2.45) is 34.5 Å². The lowest BCUT2D eigenvalue weighted by atomic mass is 9.44. The minimum atomic E-state index is -1.51. The van der Waals surface area contributed by atoms with Crippen LogP contribution in [0.25, 0.3) is 0 Å². The van der Waals surface area contributed by atoms with Crippen molar-refractivity contribution in [1.29, 1.82) is 0 Å². The SMILES string of the molecule is C[C@@H]1O[C@@H](O[C@@H]2C=C3CC[C@@H]4[C@H](CC[C@]5(C)[C@@H]([C@@H]6CCC(=O)OC6)CC[C@]45O)[C@@]3(C)CC2)[C@H](O[N+](=O)[O-])[C@H](O)[C@H]1O. The third-order valence-corrected chi connectivity index (χ3v) is 12.4. The van der Waals surface area contributed by atoms with Gasteiger partial charge in [0.05, 0.1) is 24.4 Å². The predicted octanol–water partition coefficient (Wildman–Crippen LogP) is 3.06. The second-order valence-corrected chi connectivity index (χ2v) is 14.1. The van der Waals surface area contributed by atoms with Gasteiger partial charge in [-0.05, 0) is 99.2 Å². The Hall–Kier alpha value is -1.79. The highest BCUT2D eigenvalue weighted by Crippen LogP contribution is 2.69. The second kappa shape index (κ2) is 10.4. The summed E-state index contributed by atoms with van der Waals surface area (Å²) in [6.45, 7) is 6.67. The van der Waals surface area contributed by atoms with Crippen LogP contribution in [0.15, 0.2) is 11.6 Å². The first-order chi connectivity index (χ1) is 19.4. The van der Waals surface area contributed by atoms with Crippen molar-refractivity contribution in [2.45, 2.75) is 127 Å². The van der Waals surface area contributed by atoms with E-state index in [1.165, 1.54) is 5.57 Å². The van der Waals surface area contributed by atoms with E-state index >= 15 is 0 Å². The third-order valence-electron chi connectivity index (χ3n) is 12.4. The van der Waals surface area contributed by atoms with E-state index in [9.17, 15) is 30.2 Å². The van der Waals surface area contributed by atoms with Crippen molar-refractivity contribution in [2.75, 3.05) is 6.61 Å². The van der Waals surface area contributed by atoms with Crippen LogP contribution in [0.5, 0.6) is 0 Å². The molecular formula is C30H45NO10. The van der Waals surface area contributed by atoms with E-state index in [0.717, 1.165) is 51.4 Å². The summed E-state index contributed by atoms with van der Waals surface area (Å²) in [5.74, 6) is 1.11. The molecule has 0 aromatic rings. The zero-order valence-corrected chi connectivity index (χ0v) is 24.3. The molecule has 2 aliphatic heterocycles. The van der Waals surface area contributed by atoms with Gasteiger partial charge in [0.1, 0.15) is 12.2 Å². The molecule has 0 spiro atoms. The van der Waals surface area contributed by atoms with Crippen molar-refractivity contribution in [3.8, 4) is 0 Å². The van der Waals surface area contributed by atoms with Crippen LogP contribution in [0, 0.1) is 44.6 Å². The fraction of sp³-hybridized carbons (Fsp3) is 0.900. The van der Waals surface area contributed by atoms with Crippen LogP contribution >= 0.6 is 0 Å². The Bertz CT molecular complexity index is 1070. The average Bonchev–Trinajstić information content (AvgIpc) is 3.21. The zero-order chi connectivity index (χ0) is 29.3. The van der Waals surface area contributed by atoms with Crippen LogP contribution in [-0.4, -0.2) is 75.4 Å². The van der Waals surface area contributed by atoms with E-state index in [2.05, 4.69) is 24.8 Å². The van der Waals surface area contributed by atoms with Gasteiger partial charge in [-0.3, -0.25) is 4.79 Å². The van der Waals surface area contributed by atoms with Crippen molar-refractivity contribution < 1.29 is 44.2 Å². The molecule has 3 saturated carbocycles. The van der Waals surface area contributed by atoms with Crippen LogP contribution < -0.4 is 0 Å². The molecule has 230 valence electrons. The number of allylic oxidation sites excluding steroid dienone is 1. The molecular weight excluding hydrogens is 534 g/mol. The fourth-order valence-corrected chi connectivity index (χ4v) is 10.0. The van der Waals surface area contributed by atoms with Crippen LogP contribution in [0.1, 0.15) is 85.0 Å². The number of carbonyl (C=O) groups excluding carboxylic acids is 1. The third kappa shape index (κ3) is 4.61. The number of hydrogen-bond donors (Lipinski definition) is 3. The topological polar surface area (TPSA) is 158 Å². The number of carbonyl (C=O) groups is 1. The molecule has 2 heterocycles. The first-order valence-corrected chi connectivity index (χ1v) is 15.4. The number of aliphatic hydroxyl groups is 3. The monoisotopic (exact) mass is 579 g/mol. The van der Waals surface area contributed by atoms with Crippen LogP contribution in [0.3, 0.4) is 0 Å². The highest BCUT2D eigenvalue weighted by atomic mass is 17.0. The summed E-state index contributed by atoms with van der Waals surface area (Å²) >= 11 is 0. The van der Waals surface area contributed by atoms with Gasteiger partial charge in [0.25, 0.3) is 5.09 Å². The number of nitrogens with zero attached hydrogens (tertiary/aromatic N) is 1. The number of fused-ring (bicyclic) bond motifs is 5. The summed E-state index contributed by atoms with van der Waals surface area (Å²) in [4.78, 5) is 27.5. The van der Waals surface area contributed by atoms with Crippen molar-refractivity contribution in [3.63, 3.8) is 0 Å².